The number of hydrogen-bond donors (Lipinski definition) is 0. The number of imidazole rings is 1. The van der Waals surface area contributed by atoms with Gasteiger partial charge in [-0.1, -0.05) is 149 Å². The molecule has 0 spiro atoms. The van der Waals surface area contributed by atoms with Crippen molar-refractivity contribution < 1.29 is 28.6 Å². The topological polar surface area (TPSA) is 56.7 Å². The van der Waals surface area contributed by atoms with Gasteiger partial charge in [-0.2, -0.15) is 0 Å². The third-order valence-corrected chi connectivity index (χ3v) is 14.4. The van der Waals surface area contributed by atoms with E-state index in [1.807, 2.05) is 97.2 Å². The molecule has 7 heteroatoms. The number of rotatable bonds is 7. The fourth-order valence-corrected chi connectivity index (χ4v) is 10.0. The number of para-hydroxylation sites is 2. The molecule has 7 aromatic carbocycles. The SMILES string of the molecule is C[Si](C)(C)c1ccc(-c2[c-]cccc2)nc1.[2H]C([2H])([2H])c1nc2c3ccccc3ccc2c2c1oc1c(-c3nc4ccccc4n3-c3c(C(C)C)cc(-c4ccccc4)cc3C(C)C)[c-]ccc12.[Ir]. The molecule has 0 amide bonds. The van der Waals surface area contributed by atoms with Crippen LogP contribution in [0.15, 0.2) is 162 Å². The number of aromatic nitrogens is 4. The minimum atomic E-state index is -2.51. The maximum atomic E-state index is 8.54. The van der Waals surface area contributed by atoms with Gasteiger partial charge in [-0.3, -0.25) is 4.98 Å². The molecule has 0 aliphatic heterocycles. The fourth-order valence-electron chi connectivity index (χ4n) is 8.99. The van der Waals surface area contributed by atoms with Crippen LogP contribution in [0, 0.1) is 19.0 Å². The quantitative estimate of drug-likeness (QED) is 0.0907. The van der Waals surface area contributed by atoms with Crippen molar-refractivity contribution in [2.24, 2.45) is 0 Å². The second kappa shape index (κ2) is 18.1. The molecular formula is C59H52IrN4OSi-2. The predicted octanol–water partition coefficient (Wildman–Crippen LogP) is 15.4. The summed E-state index contributed by atoms with van der Waals surface area (Å²) in [5.74, 6) is 1.08. The molecule has 4 heterocycles. The maximum absolute atomic E-state index is 8.54. The van der Waals surface area contributed by atoms with Gasteiger partial charge >= 0.3 is 0 Å². The molecule has 11 rings (SSSR count). The Labute approximate surface area is 406 Å². The van der Waals surface area contributed by atoms with Crippen LogP contribution in [0.5, 0.6) is 0 Å². The Balaban J connectivity index is 0.000000296. The van der Waals surface area contributed by atoms with Crippen molar-refractivity contribution in [3.8, 4) is 39.5 Å². The van der Waals surface area contributed by atoms with E-state index in [1.54, 1.807) is 0 Å². The molecular weight excluding hydrogens is 1000 g/mol. The van der Waals surface area contributed by atoms with Gasteiger partial charge in [0.2, 0.25) is 0 Å². The Hall–Kier alpha value is -6.50. The van der Waals surface area contributed by atoms with E-state index in [9.17, 15) is 0 Å². The molecule has 66 heavy (non-hydrogen) atoms. The van der Waals surface area contributed by atoms with E-state index in [-0.39, 0.29) is 43.2 Å². The van der Waals surface area contributed by atoms with Crippen LogP contribution in [-0.2, 0) is 20.1 Å². The Kier molecular flexibility index (Phi) is 11.2. The van der Waals surface area contributed by atoms with E-state index in [2.05, 4.69) is 130 Å². The first kappa shape index (κ1) is 41.0. The van der Waals surface area contributed by atoms with Gasteiger partial charge in [0.05, 0.1) is 41.7 Å². The van der Waals surface area contributed by atoms with Crippen molar-refractivity contribution in [3.63, 3.8) is 0 Å². The smallest absolute Gasteiger partial charge is 0.142 e. The van der Waals surface area contributed by atoms with Crippen LogP contribution in [0.1, 0.15) is 60.5 Å². The molecule has 0 atom stereocenters. The van der Waals surface area contributed by atoms with Crippen molar-refractivity contribution in [3.05, 3.63) is 187 Å². The van der Waals surface area contributed by atoms with Gasteiger partial charge in [0.1, 0.15) is 5.58 Å². The van der Waals surface area contributed by atoms with Crippen LogP contribution < -0.4 is 5.19 Å². The third kappa shape index (κ3) is 8.10. The summed E-state index contributed by atoms with van der Waals surface area (Å²) in [5.41, 5.74) is 11.8. The number of pyridine rings is 2. The largest absolute Gasteiger partial charge is 0.499 e. The second-order valence-corrected chi connectivity index (χ2v) is 23.5. The predicted molar refractivity (Wildman–Crippen MR) is 275 cm³/mol. The molecule has 329 valence electrons. The minimum Gasteiger partial charge on any atom is -0.499 e. The van der Waals surface area contributed by atoms with Gasteiger partial charge in [-0.25, -0.2) is 4.98 Å². The van der Waals surface area contributed by atoms with Crippen molar-refractivity contribution in [2.75, 3.05) is 0 Å². The van der Waals surface area contributed by atoms with Gasteiger partial charge in [-0.15, -0.1) is 54.1 Å². The van der Waals surface area contributed by atoms with Crippen LogP contribution >= 0.6 is 0 Å². The van der Waals surface area contributed by atoms with Gasteiger partial charge in [0, 0.05) is 52.3 Å². The fraction of sp³-hybridized carbons (Fsp3) is 0.169. The first-order valence-corrected chi connectivity index (χ1v) is 25.9. The Bertz CT molecular complexity index is 3620. The molecule has 11 aromatic rings. The number of furan rings is 1. The van der Waals surface area contributed by atoms with Crippen LogP contribution in [0.4, 0.5) is 0 Å². The van der Waals surface area contributed by atoms with E-state index in [1.165, 1.54) is 27.4 Å². The first-order valence-electron chi connectivity index (χ1n) is 23.9. The molecule has 0 aliphatic rings. The molecule has 0 saturated carbocycles. The number of nitrogens with zero attached hydrogens (tertiary/aromatic N) is 4. The normalized spacial score (nSPS) is 12.7. The Morgan fingerprint density at radius 2 is 1.38 bits per heavy atom. The van der Waals surface area contributed by atoms with Gasteiger partial charge in [0.25, 0.3) is 0 Å². The molecule has 5 nitrogen and oxygen atoms in total. The Morgan fingerprint density at radius 3 is 2.08 bits per heavy atom. The minimum absolute atomic E-state index is 0. The molecule has 0 bridgehead atoms. The molecule has 0 unspecified atom stereocenters. The first-order chi connectivity index (χ1) is 32.7. The number of benzene rings is 7. The summed E-state index contributed by atoms with van der Waals surface area (Å²) >= 11 is 0. The van der Waals surface area contributed by atoms with Gasteiger partial charge in [-0.05, 0) is 81.5 Å². The van der Waals surface area contributed by atoms with E-state index in [4.69, 9.17) is 18.5 Å². The van der Waals surface area contributed by atoms with Crippen LogP contribution in [0.25, 0.3) is 94.1 Å². The van der Waals surface area contributed by atoms with E-state index < -0.39 is 14.9 Å². The number of hydrogen-bond acceptors (Lipinski definition) is 4. The Morgan fingerprint density at radius 1 is 0.652 bits per heavy atom. The van der Waals surface area contributed by atoms with Gasteiger partial charge in [0.15, 0.2) is 0 Å². The monoisotopic (exact) mass is 1060 g/mol. The van der Waals surface area contributed by atoms with Crippen LogP contribution in [0.2, 0.25) is 19.6 Å². The second-order valence-electron chi connectivity index (χ2n) is 18.4. The van der Waals surface area contributed by atoms with Crippen molar-refractivity contribution in [1.82, 2.24) is 19.5 Å². The molecule has 4 aromatic heterocycles. The average Bonchev–Trinajstić information content (AvgIpc) is 3.93. The van der Waals surface area contributed by atoms with Crippen molar-refractivity contribution in [2.45, 2.75) is 66.0 Å². The van der Waals surface area contributed by atoms with E-state index >= 15 is 0 Å². The van der Waals surface area contributed by atoms with E-state index in [0.717, 1.165) is 54.9 Å². The van der Waals surface area contributed by atoms with Crippen LogP contribution in [0.3, 0.4) is 0 Å². The van der Waals surface area contributed by atoms with Crippen molar-refractivity contribution in [1.29, 1.82) is 0 Å². The van der Waals surface area contributed by atoms with Gasteiger partial charge < -0.3 is 14.0 Å². The summed E-state index contributed by atoms with van der Waals surface area (Å²) in [6, 6.07) is 58.2. The van der Waals surface area contributed by atoms with Crippen molar-refractivity contribution >= 4 is 67.9 Å². The van der Waals surface area contributed by atoms with E-state index in [0.29, 0.717) is 22.5 Å². The zero-order chi connectivity index (χ0) is 47.5. The average molecular weight is 1060 g/mol. The summed E-state index contributed by atoms with van der Waals surface area (Å²) < 4.78 is 34.6. The number of fused-ring (bicyclic) bond motifs is 8. The maximum Gasteiger partial charge on any atom is 0.142 e. The summed E-state index contributed by atoms with van der Waals surface area (Å²) in [5, 5.41) is 5.65. The molecule has 0 aliphatic carbocycles. The molecule has 0 N–H and O–H groups in total. The zero-order valence-electron chi connectivity index (χ0n) is 41.2. The number of aryl methyl sites for hydroxylation is 1. The molecule has 1 radical (unpaired) electrons. The molecule has 0 fully saturated rings. The summed E-state index contributed by atoms with van der Waals surface area (Å²) in [6.07, 6.45) is 2.02. The zero-order valence-corrected chi connectivity index (χ0v) is 41.6. The summed E-state index contributed by atoms with van der Waals surface area (Å²) in [4.78, 5) is 14.6. The van der Waals surface area contributed by atoms with Crippen LogP contribution in [-0.4, -0.2) is 27.6 Å². The third-order valence-electron chi connectivity index (χ3n) is 12.4. The summed E-state index contributed by atoms with van der Waals surface area (Å²) in [6.45, 7) is 13.4. The summed E-state index contributed by atoms with van der Waals surface area (Å²) in [7, 11) is -1.23. The standard InChI is InChI=1S/C45H36N3O.C14H16NSi.Ir/c1-26(2)36-24-31(29-14-7-6-8-15-29)25-37(27(3)4)42(36)48-39-21-12-11-20-38(39)47-45(48)35-19-13-18-34-40-33-23-22-30-16-9-10-17-32(30)41(33)46-28(5)43(40)49-44(34)35;1-16(2,3)13-9-10-14(15-11-13)12-7-5-4-6-8-12;/h6-18,20-27H,1-5H3;4-7,9-11H,1-3H3;/q2*-1;/i5D3;;. The molecule has 0 saturated heterocycles.